The van der Waals surface area contributed by atoms with Crippen molar-refractivity contribution in [3.63, 3.8) is 0 Å². The van der Waals surface area contributed by atoms with Crippen molar-refractivity contribution < 1.29 is 4.92 Å². The Balaban J connectivity index is 2.17. The van der Waals surface area contributed by atoms with Gasteiger partial charge in [0.15, 0.2) is 0 Å². The predicted molar refractivity (Wildman–Crippen MR) is 77.9 cm³/mol. The molecule has 104 valence electrons. The van der Waals surface area contributed by atoms with Gasteiger partial charge in [-0.3, -0.25) is 15.0 Å². The van der Waals surface area contributed by atoms with Crippen molar-refractivity contribution in [1.29, 1.82) is 0 Å². The third kappa shape index (κ3) is 3.52. The average molecular weight is 328 g/mol. The Kier molecular flexibility index (Phi) is 4.54. The van der Waals surface area contributed by atoms with Gasteiger partial charge in [-0.15, -0.1) is 0 Å². The van der Waals surface area contributed by atoms with Crippen LogP contribution < -0.4 is 5.73 Å². The largest absolute Gasteiger partial charge is 0.328 e. The van der Waals surface area contributed by atoms with E-state index in [9.17, 15) is 10.1 Å². The number of nitrogens with two attached hydrogens (primary N) is 1. The number of benzene rings is 1. The lowest BCUT2D eigenvalue weighted by molar-refractivity contribution is -0.385. The number of hydrogen-bond donors (Lipinski definition) is 1. The highest BCUT2D eigenvalue weighted by Gasteiger charge is 2.25. The van der Waals surface area contributed by atoms with E-state index in [1.807, 2.05) is 12.1 Å². The minimum absolute atomic E-state index is 0.177. The molecule has 2 N–H and O–H groups in total. The molecule has 5 nitrogen and oxygen atoms in total. The normalized spacial score (nSPS) is 24.4. The highest BCUT2D eigenvalue weighted by molar-refractivity contribution is 9.10. The minimum atomic E-state index is -0.319. The molecule has 1 aliphatic heterocycles. The first-order valence-electron chi connectivity index (χ1n) is 6.40. The molecule has 1 aliphatic rings. The first kappa shape index (κ1) is 14.4. The molecular weight excluding hydrogens is 310 g/mol. The standard InChI is InChI=1S/C13H18BrN3O2/c1-9-6-12(15)4-5-16(9)8-10-2-3-11(14)7-13(10)17(18)19/h2-3,7,9,12H,4-6,8,15H2,1H3. The third-order valence-electron chi connectivity index (χ3n) is 3.67. The molecule has 0 aromatic heterocycles. The zero-order valence-corrected chi connectivity index (χ0v) is 12.5. The Morgan fingerprint density at radius 3 is 2.95 bits per heavy atom. The monoisotopic (exact) mass is 327 g/mol. The highest BCUT2D eigenvalue weighted by atomic mass is 79.9. The summed E-state index contributed by atoms with van der Waals surface area (Å²) in [6, 6.07) is 5.86. The fraction of sp³-hybridized carbons (Fsp3) is 0.538. The lowest BCUT2D eigenvalue weighted by Gasteiger charge is -2.36. The molecule has 2 rings (SSSR count). The summed E-state index contributed by atoms with van der Waals surface area (Å²) in [5.74, 6) is 0. The second-order valence-corrected chi connectivity index (χ2v) is 6.05. The van der Waals surface area contributed by atoms with Gasteiger partial charge in [0.25, 0.3) is 5.69 Å². The molecule has 0 aliphatic carbocycles. The maximum Gasteiger partial charge on any atom is 0.275 e. The molecule has 0 saturated carbocycles. The van der Waals surface area contributed by atoms with E-state index in [1.165, 1.54) is 0 Å². The van der Waals surface area contributed by atoms with Gasteiger partial charge >= 0.3 is 0 Å². The summed E-state index contributed by atoms with van der Waals surface area (Å²) in [5.41, 5.74) is 6.87. The Labute approximate surface area is 121 Å². The number of nitro benzene ring substituents is 1. The van der Waals surface area contributed by atoms with Crippen LogP contribution in [0.4, 0.5) is 5.69 Å². The van der Waals surface area contributed by atoms with Crippen LogP contribution in [0.2, 0.25) is 0 Å². The molecule has 1 aromatic carbocycles. The van der Waals surface area contributed by atoms with Crippen molar-refractivity contribution in [3.8, 4) is 0 Å². The predicted octanol–water partition coefficient (Wildman–Crippen LogP) is 2.67. The number of piperidine rings is 1. The Bertz CT molecular complexity index is 481. The molecule has 1 fully saturated rings. The molecule has 0 spiro atoms. The van der Waals surface area contributed by atoms with Gasteiger partial charge in [-0.2, -0.15) is 0 Å². The fourth-order valence-electron chi connectivity index (χ4n) is 2.55. The third-order valence-corrected chi connectivity index (χ3v) is 4.17. The van der Waals surface area contributed by atoms with Crippen LogP contribution in [-0.2, 0) is 6.54 Å². The van der Waals surface area contributed by atoms with E-state index in [0.29, 0.717) is 12.6 Å². The number of nitrogens with zero attached hydrogens (tertiary/aromatic N) is 2. The summed E-state index contributed by atoms with van der Waals surface area (Å²) in [4.78, 5) is 13.0. The Morgan fingerprint density at radius 2 is 2.32 bits per heavy atom. The summed E-state index contributed by atoms with van der Waals surface area (Å²) in [5, 5.41) is 11.1. The van der Waals surface area contributed by atoms with Crippen molar-refractivity contribution in [2.45, 2.75) is 38.4 Å². The molecule has 1 saturated heterocycles. The molecule has 1 aromatic rings. The molecule has 2 unspecified atom stereocenters. The van der Waals surface area contributed by atoms with Crippen LogP contribution in [0.25, 0.3) is 0 Å². The Hall–Kier alpha value is -0.980. The SMILES string of the molecule is CC1CC(N)CCN1Cc1ccc(Br)cc1[N+](=O)[O-]. The number of rotatable bonds is 3. The molecule has 0 amide bonds. The molecule has 1 heterocycles. The van der Waals surface area contributed by atoms with Crippen molar-refractivity contribution >= 4 is 21.6 Å². The van der Waals surface area contributed by atoms with E-state index >= 15 is 0 Å². The van der Waals surface area contributed by atoms with E-state index in [4.69, 9.17) is 5.73 Å². The number of nitro groups is 1. The number of hydrogen-bond acceptors (Lipinski definition) is 4. The maximum atomic E-state index is 11.1. The number of halogens is 1. The van der Waals surface area contributed by atoms with E-state index in [0.717, 1.165) is 29.4 Å². The van der Waals surface area contributed by atoms with Crippen molar-refractivity contribution in [2.24, 2.45) is 5.73 Å². The summed E-state index contributed by atoms with van der Waals surface area (Å²) in [6.07, 6.45) is 1.90. The van der Waals surface area contributed by atoms with Gasteiger partial charge in [0.1, 0.15) is 0 Å². The smallest absolute Gasteiger partial charge is 0.275 e. The van der Waals surface area contributed by atoms with Crippen LogP contribution >= 0.6 is 15.9 Å². The molecule has 2 atom stereocenters. The molecule has 0 radical (unpaired) electrons. The van der Waals surface area contributed by atoms with Crippen LogP contribution in [0.1, 0.15) is 25.3 Å². The topological polar surface area (TPSA) is 72.4 Å². The summed E-state index contributed by atoms with van der Waals surface area (Å²) in [7, 11) is 0. The Morgan fingerprint density at radius 1 is 1.58 bits per heavy atom. The average Bonchev–Trinajstić information content (AvgIpc) is 2.34. The van der Waals surface area contributed by atoms with Gasteiger partial charge in [0, 0.05) is 41.3 Å². The number of likely N-dealkylation sites (tertiary alicyclic amines) is 1. The van der Waals surface area contributed by atoms with Crippen molar-refractivity contribution in [2.75, 3.05) is 6.54 Å². The zero-order chi connectivity index (χ0) is 14.0. The van der Waals surface area contributed by atoms with Gasteiger partial charge < -0.3 is 5.73 Å². The van der Waals surface area contributed by atoms with Gasteiger partial charge in [0.2, 0.25) is 0 Å². The first-order chi connectivity index (χ1) is 8.97. The molecular formula is C13H18BrN3O2. The summed E-state index contributed by atoms with van der Waals surface area (Å²) < 4.78 is 0.733. The minimum Gasteiger partial charge on any atom is -0.328 e. The molecule has 19 heavy (non-hydrogen) atoms. The van der Waals surface area contributed by atoms with Crippen LogP contribution in [-0.4, -0.2) is 28.5 Å². The van der Waals surface area contributed by atoms with Crippen LogP contribution in [0.15, 0.2) is 22.7 Å². The second-order valence-electron chi connectivity index (χ2n) is 5.13. The first-order valence-corrected chi connectivity index (χ1v) is 7.19. The van der Waals surface area contributed by atoms with Crippen molar-refractivity contribution in [1.82, 2.24) is 4.90 Å². The quantitative estimate of drug-likeness (QED) is 0.684. The molecule has 0 bridgehead atoms. The summed E-state index contributed by atoms with van der Waals surface area (Å²) in [6.45, 7) is 3.64. The van der Waals surface area contributed by atoms with Gasteiger partial charge in [-0.05, 0) is 31.9 Å². The lowest BCUT2D eigenvalue weighted by atomic mass is 9.98. The fourth-order valence-corrected chi connectivity index (χ4v) is 2.90. The van der Waals surface area contributed by atoms with E-state index in [-0.39, 0.29) is 16.7 Å². The van der Waals surface area contributed by atoms with E-state index in [2.05, 4.69) is 27.8 Å². The van der Waals surface area contributed by atoms with Crippen molar-refractivity contribution in [3.05, 3.63) is 38.3 Å². The van der Waals surface area contributed by atoms with Crippen LogP contribution in [0.3, 0.4) is 0 Å². The summed E-state index contributed by atoms with van der Waals surface area (Å²) >= 11 is 3.27. The van der Waals surface area contributed by atoms with Gasteiger partial charge in [0.05, 0.1) is 4.92 Å². The highest BCUT2D eigenvalue weighted by Crippen LogP contribution is 2.27. The molecule has 6 heteroatoms. The van der Waals surface area contributed by atoms with E-state index in [1.54, 1.807) is 6.07 Å². The van der Waals surface area contributed by atoms with Gasteiger partial charge in [-0.25, -0.2) is 0 Å². The lowest BCUT2D eigenvalue weighted by Crippen LogP contribution is -2.45. The maximum absolute atomic E-state index is 11.1. The van der Waals surface area contributed by atoms with Crippen LogP contribution in [0, 0.1) is 10.1 Å². The second kappa shape index (κ2) is 5.98. The van der Waals surface area contributed by atoms with Gasteiger partial charge in [-0.1, -0.05) is 15.9 Å². The van der Waals surface area contributed by atoms with Crippen LogP contribution in [0.5, 0.6) is 0 Å². The zero-order valence-electron chi connectivity index (χ0n) is 10.9. The van der Waals surface area contributed by atoms with E-state index < -0.39 is 0 Å².